The highest BCUT2D eigenvalue weighted by Gasteiger charge is 2.23. The van der Waals surface area contributed by atoms with Crippen LogP contribution in [-0.2, 0) is 4.79 Å². The lowest BCUT2D eigenvalue weighted by atomic mass is 10.1. The molecule has 0 saturated carbocycles. The van der Waals surface area contributed by atoms with Gasteiger partial charge < -0.3 is 15.5 Å². The van der Waals surface area contributed by atoms with Crippen LogP contribution in [0.4, 0.5) is 0 Å². The van der Waals surface area contributed by atoms with E-state index in [1.807, 2.05) is 0 Å². The fourth-order valence-electron chi connectivity index (χ4n) is 1.48. The molecule has 0 radical (unpaired) electrons. The van der Waals surface area contributed by atoms with E-state index in [0.29, 0.717) is 0 Å². The maximum Gasteiger partial charge on any atom is 0.252 e. The molecule has 0 bridgehead atoms. The number of phenolic OH excluding ortho intramolecular Hbond substituents is 1. The second-order valence-corrected chi connectivity index (χ2v) is 4.91. The number of Topliss-reactive ketones (excluding diaryl/α,β-unsaturated/α-hetero) is 1. The first-order valence-electron chi connectivity index (χ1n) is 5.41. The number of carbonyl (C=O) groups is 2. The Hall–Kier alpha value is -1.30. The van der Waals surface area contributed by atoms with E-state index in [4.69, 9.17) is 23.2 Å². The summed E-state index contributed by atoms with van der Waals surface area (Å²) in [7, 11) is 0. The quantitative estimate of drug-likeness (QED) is 0.791. The molecule has 1 aromatic carbocycles. The van der Waals surface area contributed by atoms with Crippen LogP contribution in [0.3, 0.4) is 0 Å². The first kappa shape index (κ1) is 15.8. The Morgan fingerprint density at radius 1 is 1.26 bits per heavy atom. The van der Waals surface area contributed by atoms with Crippen LogP contribution < -0.4 is 5.32 Å². The topological polar surface area (TPSA) is 86.6 Å². The molecular weight excluding hydrogens is 293 g/mol. The molecule has 0 saturated heterocycles. The molecular formula is C12H13Cl2NO4. The van der Waals surface area contributed by atoms with E-state index in [-0.39, 0.29) is 27.1 Å². The lowest BCUT2D eigenvalue weighted by Gasteiger charge is -2.18. The number of aliphatic hydroxyl groups is 1. The zero-order chi connectivity index (χ0) is 14.7. The summed E-state index contributed by atoms with van der Waals surface area (Å²) < 4.78 is 0. The number of hydrogen-bond acceptors (Lipinski definition) is 4. The monoisotopic (exact) mass is 305 g/mol. The van der Waals surface area contributed by atoms with E-state index >= 15 is 0 Å². The molecule has 0 aliphatic heterocycles. The Morgan fingerprint density at radius 2 is 1.74 bits per heavy atom. The highest BCUT2D eigenvalue weighted by atomic mass is 35.5. The first-order chi connectivity index (χ1) is 8.73. The van der Waals surface area contributed by atoms with Crippen LogP contribution in [0.5, 0.6) is 5.75 Å². The number of aliphatic hydroxyl groups excluding tert-OH is 1. The smallest absolute Gasteiger partial charge is 0.252 e. The van der Waals surface area contributed by atoms with Crippen molar-refractivity contribution in [3.05, 3.63) is 27.7 Å². The van der Waals surface area contributed by atoms with Crippen molar-refractivity contribution in [3.8, 4) is 5.75 Å². The number of benzene rings is 1. The zero-order valence-corrected chi connectivity index (χ0v) is 11.8. The number of amides is 1. The van der Waals surface area contributed by atoms with Gasteiger partial charge in [-0.15, -0.1) is 0 Å². The van der Waals surface area contributed by atoms with Crippen molar-refractivity contribution in [2.45, 2.75) is 26.0 Å². The van der Waals surface area contributed by atoms with Gasteiger partial charge in [0, 0.05) is 5.56 Å². The van der Waals surface area contributed by atoms with Crippen LogP contribution in [0.25, 0.3) is 0 Å². The van der Waals surface area contributed by atoms with Crippen molar-refractivity contribution >= 4 is 34.9 Å². The van der Waals surface area contributed by atoms with Gasteiger partial charge in [0.25, 0.3) is 5.91 Å². The van der Waals surface area contributed by atoms with Gasteiger partial charge in [-0.05, 0) is 26.0 Å². The first-order valence-corrected chi connectivity index (χ1v) is 6.17. The van der Waals surface area contributed by atoms with Crippen LogP contribution >= 0.6 is 23.2 Å². The summed E-state index contributed by atoms with van der Waals surface area (Å²) in [6, 6.07) is 1.42. The standard InChI is InChI=1S/C12H13Cl2NO4/c1-5(16)10(6(2)17)15-12(19)7-3-8(13)11(18)9(14)4-7/h3-5,10,16,18H,1-2H3,(H,15,19)/t5-,10+/m1/s1. The molecule has 0 fully saturated rings. The number of rotatable bonds is 4. The Kier molecular flexibility index (Phi) is 5.17. The third-order valence-corrected chi connectivity index (χ3v) is 3.06. The van der Waals surface area contributed by atoms with Crippen LogP contribution in [0.15, 0.2) is 12.1 Å². The molecule has 5 nitrogen and oxygen atoms in total. The number of nitrogens with one attached hydrogen (secondary N) is 1. The lowest BCUT2D eigenvalue weighted by Crippen LogP contribution is -2.46. The summed E-state index contributed by atoms with van der Waals surface area (Å²) in [6.45, 7) is 2.65. The SMILES string of the molecule is CC(=O)[C@@H](NC(=O)c1cc(Cl)c(O)c(Cl)c1)[C@@H](C)O. The van der Waals surface area contributed by atoms with E-state index in [1.54, 1.807) is 0 Å². The van der Waals surface area contributed by atoms with Gasteiger partial charge in [0.2, 0.25) is 0 Å². The van der Waals surface area contributed by atoms with E-state index in [1.165, 1.54) is 26.0 Å². The van der Waals surface area contributed by atoms with Gasteiger partial charge in [-0.3, -0.25) is 9.59 Å². The van der Waals surface area contributed by atoms with Crippen molar-refractivity contribution < 1.29 is 19.8 Å². The van der Waals surface area contributed by atoms with Gasteiger partial charge in [-0.2, -0.15) is 0 Å². The molecule has 0 aliphatic carbocycles. The predicted octanol–water partition coefficient (Wildman–Crippen LogP) is 1.77. The molecule has 1 rings (SSSR count). The maximum absolute atomic E-state index is 11.9. The Morgan fingerprint density at radius 3 is 2.11 bits per heavy atom. The molecule has 0 aliphatic rings. The minimum atomic E-state index is -1.02. The molecule has 0 aromatic heterocycles. The summed E-state index contributed by atoms with van der Waals surface area (Å²) in [6.07, 6.45) is -1.02. The van der Waals surface area contributed by atoms with Gasteiger partial charge in [0.15, 0.2) is 11.5 Å². The Bertz CT molecular complexity index is 493. The predicted molar refractivity (Wildman–Crippen MR) is 71.7 cm³/mol. The normalized spacial score (nSPS) is 13.7. The van der Waals surface area contributed by atoms with E-state index in [2.05, 4.69) is 5.32 Å². The number of ketones is 1. The third-order valence-electron chi connectivity index (χ3n) is 2.49. The molecule has 0 heterocycles. The van der Waals surface area contributed by atoms with E-state index in [0.717, 1.165) is 0 Å². The van der Waals surface area contributed by atoms with Crippen LogP contribution in [-0.4, -0.2) is 34.0 Å². The van der Waals surface area contributed by atoms with Crippen molar-refractivity contribution in [2.24, 2.45) is 0 Å². The van der Waals surface area contributed by atoms with Gasteiger partial charge >= 0.3 is 0 Å². The highest BCUT2D eigenvalue weighted by molar-refractivity contribution is 6.37. The van der Waals surface area contributed by atoms with Crippen molar-refractivity contribution in [2.75, 3.05) is 0 Å². The third kappa shape index (κ3) is 3.83. The number of hydrogen-bond donors (Lipinski definition) is 3. The largest absolute Gasteiger partial charge is 0.505 e. The fourth-order valence-corrected chi connectivity index (χ4v) is 1.97. The minimum absolute atomic E-state index is 0.0749. The number of carbonyl (C=O) groups excluding carboxylic acids is 2. The minimum Gasteiger partial charge on any atom is -0.505 e. The van der Waals surface area contributed by atoms with Crippen LogP contribution in [0.2, 0.25) is 10.0 Å². The number of aromatic hydroxyl groups is 1. The summed E-state index contributed by atoms with van der Waals surface area (Å²) >= 11 is 11.4. The fraction of sp³-hybridized carbons (Fsp3) is 0.333. The molecule has 3 N–H and O–H groups in total. The van der Waals surface area contributed by atoms with Gasteiger partial charge in [-0.1, -0.05) is 23.2 Å². The molecule has 7 heteroatoms. The molecule has 1 aromatic rings. The molecule has 1 amide bonds. The van der Waals surface area contributed by atoms with Crippen molar-refractivity contribution in [1.29, 1.82) is 0 Å². The maximum atomic E-state index is 11.9. The van der Waals surface area contributed by atoms with Crippen LogP contribution in [0.1, 0.15) is 24.2 Å². The Balaban J connectivity index is 2.98. The Labute approximate surface area is 120 Å². The van der Waals surface area contributed by atoms with Gasteiger partial charge in [0.05, 0.1) is 16.1 Å². The summed E-state index contributed by atoms with van der Waals surface area (Å²) in [5.74, 6) is -1.32. The van der Waals surface area contributed by atoms with E-state index < -0.39 is 18.1 Å². The number of halogens is 2. The molecule has 2 atom stereocenters. The number of phenols is 1. The molecule has 19 heavy (non-hydrogen) atoms. The van der Waals surface area contributed by atoms with E-state index in [9.17, 15) is 19.8 Å². The second-order valence-electron chi connectivity index (χ2n) is 4.09. The highest BCUT2D eigenvalue weighted by Crippen LogP contribution is 2.32. The summed E-state index contributed by atoms with van der Waals surface area (Å²) in [5.41, 5.74) is 0.0831. The summed E-state index contributed by atoms with van der Waals surface area (Å²) in [5, 5.41) is 21.0. The molecule has 0 unspecified atom stereocenters. The summed E-state index contributed by atoms with van der Waals surface area (Å²) in [4.78, 5) is 23.2. The second kappa shape index (κ2) is 6.23. The van der Waals surface area contributed by atoms with Gasteiger partial charge in [0.1, 0.15) is 6.04 Å². The van der Waals surface area contributed by atoms with Gasteiger partial charge in [-0.25, -0.2) is 0 Å². The van der Waals surface area contributed by atoms with Crippen molar-refractivity contribution in [3.63, 3.8) is 0 Å². The van der Waals surface area contributed by atoms with Crippen molar-refractivity contribution in [1.82, 2.24) is 5.32 Å². The lowest BCUT2D eigenvalue weighted by molar-refractivity contribution is -0.121. The average molecular weight is 306 g/mol. The molecule has 104 valence electrons. The van der Waals surface area contributed by atoms with Crippen LogP contribution in [0, 0.1) is 0 Å². The average Bonchev–Trinajstić information content (AvgIpc) is 2.31. The zero-order valence-electron chi connectivity index (χ0n) is 10.3. The molecule has 0 spiro atoms.